The first-order valence-corrected chi connectivity index (χ1v) is 30.8. The van der Waals surface area contributed by atoms with Gasteiger partial charge in [-0.3, -0.25) is 14.4 Å². The zero-order valence-electron chi connectivity index (χ0n) is 53.2. The number of rotatable bonds is 25. The summed E-state index contributed by atoms with van der Waals surface area (Å²) in [6, 6.07) is 10.7. The third kappa shape index (κ3) is 17.8. The molecule has 5 heterocycles. The van der Waals surface area contributed by atoms with Gasteiger partial charge >= 0.3 is 41.8 Å². The van der Waals surface area contributed by atoms with Crippen molar-refractivity contribution in [3.63, 3.8) is 0 Å². The number of ether oxygens (including phenoxy) is 9. The van der Waals surface area contributed by atoms with E-state index < -0.39 is 282 Å². The molecule has 41 nitrogen and oxygen atoms in total. The molecular formula is C64H66O41. The highest BCUT2D eigenvalue weighted by molar-refractivity contribution is 5.93. The zero-order valence-corrected chi connectivity index (χ0v) is 53.2. The lowest BCUT2D eigenvalue weighted by atomic mass is 9.87. The summed E-state index contributed by atoms with van der Waals surface area (Å²) < 4.78 is 55.3. The predicted octanol–water partition coefficient (Wildman–Crippen LogP) is -5.39. The summed E-state index contributed by atoms with van der Waals surface area (Å²) in [7, 11) is 0. The van der Waals surface area contributed by atoms with Crippen molar-refractivity contribution >= 4 is 53.9 Å². The van der Waals surface area contributed by atoms with Gasteiger partial charge in [-0.05, 0) is 65.7 Å². The Kier molecular flexibility index (Phi) is 25.0. The van der Waals surface area contributed by atoms with E-state index in [-0.39, 0.29) is 11.1 Å². The third-order valence-corrected chi connectivity index (χ3v) is 16.6. The number of esters is 4. The second-order valence-corrected chi connectivity index (χ2v) is 23.7. The summed E-state index contributed by atoms with van der Waals surface area (Å²) in [5.74, 6) is -18.9. The summed E-state index contributed by atoms with van der Waals surface area (Å²) in [5, 5.41) is 222. The molecule has 21 N–H and O–H groups in total. The fraction of sp³-hybridized carbons (Fsp3) is 0.406. The minimum absolute atomic E-state index is 0.0847. The van der Waals surface area contributed by atoms with Crippen molar-refractivity contribution in [3.05, 3.63) is 111 Å². The van der Waals surface area contributed by atoms with Crippen molar-refractivity contribution in [3.8, 4) is 62.9 Å². The minimum atomic E-state index is -2.86. The van der Waals surface area contributed by atoms with Gasteiger partial charge in [0, 0.05) is 41.0 Å². The first-order chi connectivity index (χ1) is 49.6. The second kappa shape index (κ2) is 33.2. The van der Waals surface area contributed by atoms with Crippen molar-refractivity contribution in [2.45, 2.75) is 141 Å². The van der Waals surface area contributed by atoms with Crippen LogP contribution >= 0.6 is 0 Å². The fourth-order valence-electron chi connectivity index (χ4n) is 11.0. The molecule has 0 amide bonds. The average molecular weight is 1490 g/mol. The molecular weight excluding hydrogens is 1420 g/mol. The van der Waals surface area contributed by atoms with E-state index in [9.17, 15) is 140 Å². The van der Waals surface area contributed by atoms with Crippen molar-refractivity contribution in [1.82, 2.24) is 0 Å². The molecule has 41 heteroatoms. The van der Waals surface area contributed by atoms with E-state index in [2.05, 4.69) is 4.74 Å². The van der Waals surface area contributed by atoms with E-state index in [4.69, 9.17) is 57.2 Å². The average Bonchev–Trinajstić information content (AvgIpc) is 0.744. The van der Waals surface area contributed by atoms with Crippen LogP contribution in [0.1, 0.15) is 40.9 Å². The van der Waals surface area contributed by atoms with Crippen LogP contribution < -0.4 is 10.2 Å². The molecule has 105 heavy (non-hydrogen) atoms. The number of carbonyl (C=O) groups excluding carboxylic acids is 4. The molecule has 568 valence electrons. The number of fused-ring (bicyclic) bond motifs is 1. The second-order valence-electron chi connectivity index (χ2n) is 23.7. The number of phenolic OH excluding ortho intramolecular Hbond substituents is 6. The number of carboxylic acid groups (broad SMARTS) is 3. The van der Waals surface area contributed by atoms with Crippen LogP contribution in [0.2, 0.25) is 0 Å². The topological polar surface area (TPSA) is 676 Å². The molecule has 6 aliphatic rings. The Bertz CT molecular complexity index is 4110. The molecule has 3 aromatic carbocycles. The lowest BCUT2D eigenvalue weighted by molar-refractivity contribution is -0.460. The van der Waals surface area contributed by atoms with Crippen LogP contribution in [0.4, 0.5) is 0 Å². The summed E-state index contributed by atoms with van der Waals surface area (Å²) in [6.07, 6.45) is -48.1. The number of hydrogen-bond donors (Lipinski definition) is 21. The number of aliphatic hydroxyl groups excluding tert-OH is 12. The number of aromatic hydroxyl groups is 6. The SMILES string of the molecule is O=C(C=Cc1ccc(O)c(O)c1)OC[C@H]1O[C@@H](Oc2cc3oc(-c4cc(O)c(O)c([C@@H]5O[C@H](C(=O)O)[C@@H](O)[C@H](O)[C@H]5O)c4)c([C@@H]4O[C@H](COC(=O)CC(=O)OC(C(=O)O)C(O)C(=O)O)[C@H](O)[C@H](O)[C@H]4OO[C@@H]4O[C@H](CO)[C@@H](O)[C@H](O)[C@H]4OC(=O)C=Cc4ccc(O)c(O)c4)cc-3c(=O)c2)[C@H](O)[C@@H](O)[C@@H]1O. The molecule has 0 bridgehead atoms. The van der Waals surface area contributed by atoms with Gasteiger partial charge in [0.15, 0.2) is 64.3 Å². The van der Waals surface area contributed by atoms with Gasteiger partial charge in [0.2, 0.25) is 18.7 Å². The number of benzene rings is 4. The van der Waals surface area contributed by atoms with Crippen LogP contribution in [-0.4, -0.2) is 291 Å². The molecule has 22 atom stereocenters. The Morgan fingerprint density at radius 3 is 1.70 bits per heavy atom. The Morgan fingerprint density at radius 2 is 1.10 bits per heavy atom. The highest BCUT2D eigenvalue weighted by atomic mass is 17.2. The Morgan fingerprint density at radius 1 is 0.514 bits per heavy atom. The first-order valence-electron chi connectivity index (χ1n) is 30.8. The van der Waals surface area contributed by atoms with E-state index in [1.54, 1.807) is 0 Å². The van der Waals surface area contributed by atoms with Crippen LogP contribution in [-0.2, 0) is 81.2 Å². The summed E-state index contributed by atoms with van der Waals surface area (Å²) in [5.41, 5.74) is -3.65. The molecule has 2 unspecified atom stereocenters. The standard InChI is InChI=1S/C64H66O41/c65-17-34-42(77)48(83)59(101-38(73)8-4-21-2-6-28(67)31(70)10-21)64(99-34)105-104-56-47(82)44(79)35(18-95-39(74)16-40(75)102-58(62(92)93)52(87)60(88)89)98-55(56)26-15-24-29(68)13-23(96-63-51(86)45(80)43(78)36(100-63)19-94-37(72)7-3-20-1-5-27(66)30(69)9-20)14-33(24)97-53(26)22-11-25(41(76)32(71)12-22)54-49(84)46(81)50(85)57(103-54)61(90)91/h1-15,34-36,42-52,54-59,63-67,69-71,76-87H,16-19H2,(H,88,89)(H,90,91)(H,92,93)/t34-,35-,36-,42-,43-,44+,45+,46-,47+,48+,49-,50+,51-,52?,54+,55+,56-,57+,58?,59-,63-,64+/m1/s1. The molecule has 3 aromatic rings. The lowest BCUT2D eigenvalue weighted by Gasteiger charge is -2.44. The third-order valence-electron chi connectivity index (χ3n) is 16.6. The quantitative estimate of drug-likeness (QED) is 0.00493. The molecule has 4 saturated heterocycles. The number of aliphatic carboxylic acids is 3. The van der Waals surface area contributed by atoms with Gasteiger partial charge in [-0.2, -0.15) is 4.89 Å². The number of phenols is 6. The summed E-state index contributed by atoms with van der Waals surface area (Å²) in [6.45, 7) is -3.28. The minimum Gasteiger partial charge on any atom is -0.504 e. The summed E-state index contributed by atoms with van der Waals surface area (Å²) >= 11 is 0. The van der Waals surface area contributed by atoms with E-state index in [1.807, 2.05) is 0 Å². The van der Waals surface area contributed by atoms with Crippen LogP contribution in [0.5, 0.6) is 40.2 Å². The molecule has 1 aliphatic carbocycles. The van der Waals surface area contributed by atoms with E-state index in [1.165, 1.54) is 18.2 Å². The largest absolute Gasteiger partial charge is 0.504 e. The van der Waals surface area contributed by atoms with Gasteiger partial charge in [0.25, 0.3) is 0 Å². The smallest absolute Gasteiger partial charge is 0.348 e. The summed E-state index contributed by atoms with van der Waals surface area (Å²) in [4.78, 5) is 113. The van der Waals surface area contributed by atoms with Crippen LogP contribution in [0.15, 0.2) is 88.1 Å². The van der Waals surface area contributed by atoms with Gasteiger partial charge in [-0.1, -0.05) is 12.1 Å². The zero-order chi connectivity index (χ0) is 76.9. The van der Waals surface area contributed by atoms with E-state index in [0.29, 0.717) is 18.2 Å². The van der Waals surface area contributed by atoms with Gasteiger partial charge in [0.05, 0.1) is 12.2 Å². The first kappa shape index (κ1) is 78.9. The highest BCUT2D eigenvalue weighted by Crippen LogP contribution is 2.48. The molecule has 9 rings (SSSR count). The lowest BCUT2D eigenvalue weighted by Crippen LogP contribution is -2.61. The van der Waals surface area contributed by atoms with Gasteiger partial charge in [-0.25, -0.2) is 28.9 Å². The number of aliphatic hydroxyl groups is 12. The maximum Gasteiger partial charge on any atom is 0.348 e. The molecule has 0 aromatic heterocycles. The fourth-order valence-corrected chi connectivity index (χ4v) is 11.0. The van der Waals surface area contributed by atoms with E-state index >= 15 is 0 Å². The van der Waals surface area contributed by atoms with Crippen molar-refractivity contribution in [2.24, 2.45) is 0 Å². The number of hydrogen-bond acceptors (Lipinski definition) is 38. The normalized spacial score (nSPS) is 29.7. The van der Waals surface area contributed by atoms with Crippen molar-refractivity contribution in [1.29, 1.82) is 0 Å². The molecule has 0 radical (unpaired) electrons. The molecule has 5 aliphatic heterocycles. The predicted molar refractivity (Wildman–Crippen MR) is 329 cm³/mol. The Labute approximate surface area is 585 Å². The Balaban J connectivity index is 1.13. The molecule has 0 saturated carbocycles. The maximum absolute atomic E-state index is 14.6. The van der Waals surface area contributed by atoms with Crippen LogP contribution in [0.25, 0.3) is 34.8 Å². The van der Waals surface area contributed by atoms with Crippen LogP contribution in [0, 0.1) is 0 Å². The van der Waals surface area contributed by atoms with Gasteiger partial charge in [-0.15, -0.1) is 0 Å². The van der Waals surface area contributed by atoms with Gasteiger partial charge in [0.1, 0.15) is 128 Å². The maximum atomic E-state index is 14.6. The van der Waals surface area contributed by atoms with Gasteiger partial charge < -0.3 is 154 Å². The highest BCUT2D eigenvalue weighted by Gasteiger charge is 2.54. The van der Waals surface area contributed by atoms with Crippen LogP contribution in [0.3, 0.4) is 0 Å². The van der Waals surface area contributed by atoms with E-state index in [0.717, 1.165) is 54.6 Å². The Hall–Kier alpha value is -10.3. The number of carbonyl (C=O) groups is 7. The molecule has 0 spiro atoms. The van der Waals surface area contributed by atoms with Crippen molar-refractivity contribution in [2.75, 3.05) is 19.8 Å². The monoisotopic (exact) mass is 1490 g/mol. The number of carboxylic acids is 3. The van der Waals surface area contributed by atoms with Crippen molar-refractivity contribution < 1.29 is 198 Å². The molecule has 4 fully saturated rings.